The molecule has 0 unspecified atom stereocenters. The lowest BCUT2D eigenvalue weighted by atomic mass is 9.96. The smallest absolute Gasteiger partial charge is 0.105 e. The molecule has 1 aliphatic heterocycles. The number of hydrogen-bond donors (Lipinski definition) is 1. The Morgan fingerprint density at radius 1 is 1.05 bits per heavy atom. The monoisotopic (exact) mass is 284 g/mol. The molecule has 2 aromatic carbocycles. The summed E-state index contributed by atoms with van der Waals surface area (Å²) in [7, 11) is 0. The second-order valence-corrected chi connectivity index (χ2v) is 6.48. The van der Waals surface area contributed by atoms with Gasteiger partial charge >= 0.3 is 0 Å². The van der Waals surface area contributed by atoms with Crippen LogP contribution in [0.15, 0.2) is 30.3 Å². The van der Waals surface area contributed by atoms with Gasteiger partial charge in [-0.15, -0.1) is 0 Å². The lowest BCUT2D eigenvalue weighted by Gasteiger charge is -2.34. The summed E-state index contributed by atoms with van der Waals surface area (Å²) in [6.07, 6.45) is 2.45. The minimum Gasteiger partial charge on any atom is -0.392 e. The Morgan fingerprint density at radius 3 is 2.43 bits per heavy atom. The Balaban J connectivity index is 2.11. The molecule has 1 aliphatic rings. The predicted octanol–water partition coefficient (Wildman–Crippen LogP) is 3.98. The number of fused-ring (bicyclic) bond motifs is 2. The molecule has 0 atom stereocenters. The molecule has 1 heterocycles. The number of quaternary nitrogens is 1. The third kappa shape index (κ3) is 2.47. The highest BCUT2D eigenvalue weighted by molar-refractivity contribution is 5.87. The Morgan fingerprint density at radius 2 is 1.76 bits per heavy atom. The molecule has 0 radical (unpaired) electrons. The van der Waals surface area contributed by atoms with Gasteiger partial charge in [-0.2, -0.15) is 0 Å². The fourth-order valence-corrected chi connectivity index (χ4v) is 4.18. The van der Waals surface area contributed by atoms with Crippen LogP contribution in [0.2, 0.25) is 0 Å². The van der Waals surface area contributed by atoms with Crippen LogP contribution < -0.4 is 0 Å². The average molecular weight is 284 g/mol. The van der Waals surface area contributed by atoms with Gasteiger partial charge in [-0.05, 0) is 35.2 Å². The van der Waals surface area contributed by atoms with Crippen LogP contribution in [0, 0.1) is 0 Å². The van der Waals surface area contributed by atoms with Crippen LogP contribution >= 0.6 is 0 Å². The van der Waals surface area contributed by atoms with E-state index in [0.29, 0.717) is 0 Å². The largest absolute Gasteiger partial charge is 0.392 e. The highest BCUT2D eigenvalue weighted by Gasteiger charge is 2.36. The second kappa shape index (κ2) is 5.78. The van der Waals surface area contributed by atoms with Gasteiger partial charge in [0.25, 0.3) is 0 Å². The lowest BCUT2D eigenvalue weighted by molar-refractivity contribution is -0.947. The van der Waals surface area contributed by atoms with Crippen LogP contribution in [0.25, 0.3) is 10.8 Å². The summed E-state index contributed by atoms with van der Waals surface area (Å²) in [6.45, 7) is 9.42. The van der Waals surface area contributed by atoms with Crippen molar-refractivity contribution in [3.8, 4) is 0 Å². The van der Waals surface area contributed by atoms with Crippen molar-refractivity contribution in [3.05, 3.63) is 47.0 Å². The van der Waals surface area contributed by atoms with E-state index in [9.17, 15) is 5.11 Å². The van der Waals surface area contributed by atoms with E-state index in [1.165, 1.54) is 52.3 Å². The topological polar surface area (TPSA) is 20.2 Å². The van der Waals surface area contributed by atoms with Gasteiger partial charge in [0.1, 0.15) is 13.1 Å². The Bertz CT molecular complexity index is 641. The van der Waals surface area contributed by atoms with Crippen molar-refractivity contribution in [1.29, 1.82) is 0 Å². The van der Waals surface area contributed by atoms with E-state index in [-0.39, 0.29) is 6.61 Å². The van der Waals surface area contributed by atoms with Crippen LogP contribution in [0.5, 0.6) is 0 Å². The van der Waals surface area contributed by atoms with Crippen LogP contribution in [0.1, 0.15) is 43.4 Å². The number of nitrogens with zero attached hydrogens (tertiary/aromatic N) is 1. The molecule has 2 aromatic rings. The van der Waals surface area contributed by atoms with Crippen molar-refractivity contribution in [2.75, 3.05) is 13.1 Å². The number of rotatable bonds is 5. The Labute approximate surface area is 127 Å². The molecule has 21 heavy (non-hydrogen) atoms. The number of aliphatic hydroxyl groups excluding tert-OH is 1. The minimum absolute atomic E-state index is 0.155. The van der Waals surface area contributed by atoms with E-state index in [4.69, 9.17) is 0 Å². The highest BCUT2D eigenvalue weighted by Crippen LogP contribution is 2.37. The summed E-state index contributed by atoms with van der Waals surface area (Å²) >= 11 is 0. The molecule has 2 nitrogen and oxygen atoms in total. The summed E-state index contributed by atoms with van der Waals surface area (Å²) in [5.74, 6) is 0. The van der Waals surface area contributed by atoms with E-state index in [1.807, 2.05) is 0 Å². The quantitative estimate of drug-likeness (QED) is 0.823. The van der Waals surface area contributed by atoms with Crippen molar-refractivity contribution in [2.24, 2.45) is 0 Å². The van der Waals surface area contributed by atoms with Gasteiger partial charge in [0.2, 0.25) is 0 Å². The molecule has 0 spiro atoms. The van der Waals surface area contributed by atoms with Crippen LogP contribution in [0.4, 0.5) is 0 Å². The molecule has 0 bridgehead atoms. The van der Waals surface area contributed by atoms with E-state index >= 15 is 0 Å². The Kier molecular flexibility index (Phi) is 4.01. The summed E-state index contributed by atoms with van der Waals surface area (Å²) in [5.41, 5.74) is 4.04. The third-order valence-electron chi connectivity index (χ3n) is 4.92. The van der Waals surface area contributed by atoms with Crippen molar-refractivity contribution in [2.45, 2.75) is 46.4 Å². The zero-order valence-corrected chi connectivity index (χ0v) is 13.2. The lowest BCUT2D eigenvalue weighted by Crippen LogP contribution is -2.44. The van der Waals surface area contributed by atoms with Crippen molar-refractivity contribution in [3.63, 3.8) is 0 Å². The van der Waals surface area contributed by atoms with Crippen molar-refractivity contribution >= 4 is 10.8 Å². The maximum atomic E-state index is 9.92. The first kappa shape index (κ1) is 14.6. The van der Waals surface area contributed by atoms with Crippen molar-refractivity contribution in [1.82, 2.24) is 0 Å². The molecule has 0 aromatic heterocycles. The van der Waals surface area contributed by atoms with Crippen LogP contribution in [-0.4, -0.2) is 22.7 Å². The summed E-state index contributed by atoms with van der Waals surface area (Å²) < 4.78 is 1.17. The van der Waals surface area contributed by atoms with Gasteiger partial charge in [0, 0.05) is 11.1 Å². The first-order valence-electron chi connectivity index (χ1n) is 8.21. The molecule has 1 N–H and O–H groups in total. The summed E-state index contributed by atoms with van der Waals surface area (Å²) in [6, 6.07) is 10.8. The standard InChI is InChI=1S/C19H26NO/c1-3-9-20(10-4-2)12-16-11-15-7-5-6-8-17(15)19(14-21)18(16)13-20/h5-8,11,21H,3-4,9-10,12-14H2,1-2H3/q+1. The molecule has 0 amide bonds. The SMILES string of the molecule is CCC[N+]1(CCC)Cc2cc3ccccc3c(CO)c2C1. The zero-order chi connectivity index (χ0) is 14.9. The molecule has 2 heteroatoms. The molecular weight excluding hydrogens is 258 g/mol. The zero-order valence-electron chi connectivity index (χ0n) is 13.2. The number of benzene rings is 2. The van der Waals surface area contributed by atoms with Gasteiger partial charge in [-0.25, -0.2) is 0 Å². The predicted molar refractivity (Wildman–Crippen MR) is 87.9 cm³/mol. The molecule has 0 aliphatic carbocycles. The summed E-state index contributed by atoms with van der Waals surface area (Å²) in [5, 5.41) is 12.4. The fourth-order valence-electron chi connectivity index (χ4n) is 4.18. The summed E-state index contributed by atoms with van der Waals surface area (Å²) in [4.78, 5) is 0. The maximum Gasteiger partial charge on any atom is 0.105 e. The van der Waals surface area contributed by atoms with Gasteiger partial charge in [-0.1, -0.05) is 38.1 Å². The normalized spacial score (nSPS) is 16.3. The Hall–Kier alpha value is -1.38. The second-order valence-electron chi connectivity index (χ2n) is 6.48. The fraction of sp³-hybridized carbons (Fsp3) is 0.474. The molecule has 0 saturated carbocycles. The highest BCUT2D eigenvalue weighted by atomic mass is 16.3. The van der Waals surface area contributed by atoms with Gasteiger partial charge < -0.3 is 9.59 Å². The van der Waals surface area contributed by atoms with Gasteiger partial charge in [0.15, 0.2) is 0 Å². The van der Waals surface area contributed by atoms with Gasteiger partial charge in [-0.3, -0.25) is 0 Å². The van der Waals surface area contributed by atoms with Crippen LogP contribution in [0.3, 0.4) is 0 Å². The first-order valence-corrected chi connectivity index (χ1v) is 8.21. The van der Waals surface area contributed by atoms with E-state index in [2.05, 4.69) is 44.2 Å². The number of hydrogen-bond acceptors (Lipinski definition) is 1. The molecule has 0 fully saturated rings. The third-order valence-corrected chi connectivity index (χ3v) is 4.92. The van der Waals surface area contributed by atoms with E-state index in [1.54, 1.807) is 0 Å². The minimum atomic E-state index is 0.155. The number of aliphatic hydroxyl groups is 1. The van der Waals surface area contributed by atoms with Gasteiger partial charge in [0.05, 0.1) is 19.7 Å². The van der Waals surface area contributed by atoms with E-state index < -0.39 is 0 Å². The maximum absolute atomic E-state index is 9.92. The first-order chi connectivity index (χ1) is 10.2. The van der Waals surface area contributed by atoms with E-state index in [0.717, 1.165) is 18.7 Å². The van der Waals surface area contributed by atoms with Crippen molar-refractivity contribution < 1.29 is 9.59 Å². The average Bonchev–Trinajstić information content (AvgIpc) is 2.83. The molecule has 0 saturated heterocycles. The molecule has 112 valence electrons. The van der Waals surface area contributed by atoms with Crippen LogP contribution in [-0.2, 0) is 19.7 Å². The molecule has 3 rings (SSSR count). The molecular formula is C19H26NO+.